The smallest absolute Gasteiger partial charge is 0.267 e. The molecule has 1 aliphatic rings. The number of carbonyl (C=O) groups is 1. The van der Waals surface area contributed by atoms with Crippen LogP contribution in [0.15, 0.2) is 77.7 Å². The summed E-state index contributed by atoms with van der Waals surface area (Å²) >= 11 is 5.90. The molecular weight excluding hydrogens is 440 g/mol. The van der Waals surface area contributed by atoms with E-state index in [4.69, 9.17) is 21.1 Å². The van der Waals surface area contributed by atoms with E-state index in [1.54, 1.807) is 48.5 Å². The molecular formula is C22H19ClN2O5S. The second-order valence-electron chi connectivity index (χ2n) is 6.79. The number of nitrogens with one attached hydrogen (secondary N) is 1. The second-order valence-corrected chi connectivity index (χ2v) is 9.08. The first-order chi connectivity index (χ1) is 14.9. The van der Waals surface area contributed by atoms with Gasteiger partial charge in [0, 0.05) is 16.8 Å². The summed E-state index contributed by atoms with van der Waals surface area (Å²) in [7, 11) is -2.42. The van der Waals surface area contributed by atoms with E-state index in [9.17, 15) is 13.2 Å². The van der Waals surface area contributed by atoms with Crippen molar-refractivity contribution in [3.63, 3.8) is 0 Å². The Kier molecular flexibility index (Phi) is 5.75. The molecule has 1 aliphatic heterocycles. The molecule has 31 heavy (non-hydrogen) atoms. The number of rotatable bonds is 5. The fourth-order valence-electron chi connectivity index (χ4n) is 3.22. The number of fused-ring (bicyclic) bond motifs is 1. The third kappa shape index (κ3) is 4.30. The topological polar surface area (TPSA) is 84.9 Å². The quantitative estimate of drug-likeness (QED) is 0.626. The number of anilines is 2. The third-order valence-corrected chi connectivity index (χ3v) is 6.81. The highest BCUT2D eigenvalue weighted by atomic mass is 35.5. The highest BCUT2D eigenvalue weighted by Crippen LogP contribution is 2.37. The van der Waals surface area contributed by atoms with Gasteiger partial charge in [-0.05, 0) is 48.5 Å². The van der Waals surface area contributed by atoms with Gasteiger partial charge in [0.05, 0.1) is 24.2 Å². The highest BCUT2D eigenvalue weighted by molar-refractivity contribution is 7.92. The zero-order valence-electron chi connectivity index (χ0n) is 16.5. The van der Waals surface area contributed by atoms with Crippen LogP contribution in [0.2, 0.25) is 5.02 Å². The Morgan fingerprint density at radius 3 is 2.58 bits per heavy atom. The van der Waals surface area contributed by atoms with E-state index >= 15 is 0 Å². The van der Waals surface area contributed by atoms with Crippen LogP contribution in [0.25, 0.3) is 0 Å². The van der Waals surface area contributed by atoms with Crippen LogP contribution >= 0.6 is 11.6 Å². The van der Waals surface area contributed by atoms with E-state index in [1.165, 1.54) is 35.7 Å². The van der Waals surface area contributed by atoms with Gasteiger partial charge in [0.25, 0.3) is 15.9 Å². The first kappa shape index (κ1) is 21.0. The summed E-state index contributed by atoms with van der Waals surface area (Å²) in [5.41, 5.74) is 0.877. The van der Waals surface area contributed by atoms with Gasteiger partial charge in [0.1, 0.15) is 11.5 Å². The minimum absolute atomic E-state index is 0.0700. The van der Waals surface area contributed by atoms with Crippen LogP contribution in [-0.4, -0.2) is 34.1 Å². The lowest BCUT2D eigenvalue weighted by molar-refractivity contribution is -0.122. The van der Waals surface area contributed by atoms with Gasteiger partial charge >= 0.3 is 0 Å². The normalized spacial score (nSPS) is 15.5. The van der Waals surface area contributed by atoms with Gasteiger partial charge in [-0.3, -0.25) is 9.10 Å². The van der Waals surface area contributed by atoms with E-state index in [2.05, 4.69) is 5.32 Å². The molecule has 0 aromatic heterocycles. The number of ether oxygens (including phenoxy) is 2. The van der Waals surface area contributed by atoms with Crippen LogP contribution in [0.1, 0.15) is 0 Å². The van der Waals surface area contributed by atoms with Crippen LogP contribution in [0.5, 0.6) is 11.5 Å². The molecule has 9 heteroatoms. The van der Waals surface area contributed by atoms with Gasteiger partial charge in [-0.15, -0.1) is 0 Å². The van der Waals surface area contributed by atoms with E-state index in [1.807, 2.05) is 0 Å². The van der Waals surface area contributed by atoms with E-state index in [0.29, 0.717) is 27.9 Å². The molecule has 3 aromatic carbocycles. The summed E-state index contributed by atoms with van der Waals surface area (Å²) in [5, 5.41) is 3.18. The number of amides is 1. The second kappa shape index (κ2) is 8.49. The molecule has 0 spiro atoms. The molecule has 0 fully saturated rings. The monoisotopic (exact) mass is 458 g/mol. The van der Waals surface area contributed by atoms with Crippen molar-refractivity contribution < 1.29 is 22.7 Å². The Morgan fingerprint density at radius 2 is 1.84 bits per heavy atom. The summed E-state index contributed by atoms with van der Waals surface area (Å²) < 4.78 is 38.9. The number of carbonyl (C=O) groups excluding carboxylic acids is 1. The molecule has 1 heterocycles. The Hall–Kier alpha value is -3.23. The number of benzene rings is 3. The zero-order chi connectivity index (χ0) is 22.0. The number of halogens is 1. The standard InChI is InChI=1S/C22H19ClN2O5S/c1-29-17-6-4-5-16(13-17)24-22(26)21-14-25(19-7-2-3-8-20(19)30-21)31(27,28)18-11-9-15(23)10-12-18/h2-13,21H,14H2,1H3,(H,24,26)/t21-/m1/s1. The molecule has 1 amide bonds. The number of para-hydroxylation sites is 2. The van der Waals surface area contributed by atoms with Crippen molar-refractivity contribution in [1.82, 2.24) is 0 Å². The first-order valence-electron chi connectivity index (χ1n) is 9.37. The van der Waals surface area contributed by atoms with Gasteiger partial charge in [0.2, 0.25) is 0 Å². The van der Waals surface area contributed by atoms with Crippen molar-refractivity contribution in [3.05, 3.63) is 77.8 Å². The number of hydrogen-bond acceptors (Lipinski definition) is 5. The van der Waals surface area contributed by atoms with Crippen LogP contribution in [0.3, 0.4) is 0 Å². The summed E-state index contributed by atoms with van der Waals surface area (Å²) in [5.74, 6) is 0.413. The van der Waals surface area contributed by atoms with E-state index in [0.717, 1.165) is 0 Å². The summed E-state index contributed by atoms with van der Waals surface area (Å²) in [4.78, 5) is 13.0. The molecule has 7 nitrogen and oxygen atoms in total. The molecule has 0 bridgehead atoms. The largest absolute Gasteiger partial charge is 0.497 e. The Labute approximate surface area is 185 Å². The van der Waals surface area contributed by atoms with E-state index < -0.39 is 22.0 Å². The third-order valence-electron chi connectivity index (χ3n) is 4.77. The SMILES string of the molecule is COc1cccc(NC(=O)[C@H]2CN(S(=O)(=O)c3ccc(Cl)cc3)c3ccccc3O2)c1. The minimum Gasteiger partial charge on any atom is -0.497 e. The molecule has 0 radical (unpaired) electrons. The lowest BCUT2D eigenvalue weighted by Gasteiger charge is -2.34. The van der Waals surface area contributed by atoms with Crippen LogP contribution in [-0.2, 0) is 14.8 Å². The Bertz CT molecular complexity index is 1210. The minimum atomic E-state index is -3.95. The molecule has 0 saturated heterocycles. The summed E-state index contributed by atoms with van der Waals surface area (Å²) in [6.07, 6.45) is -1.05. The number of sulfonamides is 1. The van der Waals surface area contributed by atoms with Crippen LogP contribution in [0, 0.1) is 0 Å². The molecule has 4 rings (SSSR count). The van der Waals surface area contributed by atoms with Crippen molar-refractivity contribution in [2.45, 2.75) is 11.0 Å². The maximum absolute atomic E-state index is 13.4. The first-order valence-corrected chi connectivity index (χ1v) is 11.2. The average Bonchev–Trinajstić information content (AvgIpc) is 2.78. The van der Waals surface area contributed by atoms with Gasteiger partial charge < -0.3 is 14.8 Å². The maximum atomic E-state index is 13.4. The van der Waals surface area contributed by atoms with Gasteiger partial charge in [-0.25, -0.2) is 8.42 Å². The molecule has 1 atom stereocenters. The lowest BCUT2D eigenvalue weighted by Crippen LogP contribution is -2.48. The fraction of sp³-hybridized carbons (Fsp3) is 0.136. The molecule has 160 valence electrons. The predicted octanol–water partition coefficient (Wildman–Crippen LogP) is 3.94. The van der Waals surface area contributed by atoms with Crippen molar-refractivity contribution in [1.29, 1.82) is 0 Å². The van der Waals surface area contributed by atoms with Crippen molar-refractivity contribution in [3.8, 4) is 11.5 Å². The summed E-state index contributed by atoms with van der Waals surface area (Å²) in [6, 6.07) is 19.4. The average molecular weight is 459 g/mol. The van der Waals surface area contributed by atoms with Crippen LogP contribution in [0.4, 0.5) is 11.4 Å². The van der Waals surface area contributed by atoms with Crippen molar-refractivity contribution in [2.75, 3.05) is 23.3 Å². The van der Waals surface area contributed by atoms with Crippen molar-refractivity contribution >= 4 is 38.9 Å². The highest BCUT2D eigenvalue weighted by Gasteiger charge is 2.37. The number of hydrogen-bond donors (Lipinski definition) is 1. The molecule has 0 saturated carbocycles. The molecule has 1 N–H and O–H groups in total. The van der Waals surface area contributed by atoms with Gasteiger partial charge in [-0.2, -0.15) is 0 Å². The Balaban J connectivity index is 1.65. The fourth-order valence-corrected chi connectivity index (χ4v) is 4.83. The molecule has 0 aliphatic carbocycles. The maximum Gasteiger partial charge on any atom is 0.267 e. The van der Waals surface area contributed by atoms with Gasteiger partial charge in [0.15, 0.2) is 6.10 Å². The number of methoxy groups -OCH3 is 1. The number of nitrogens with zero attached hydrogens (tertiary/aromatic N) is 1. The zero-order valence-corrected chi connectivity index (χ0v) is 18.1. The van der Waals surface area contributed by atoms with E-state index in [-0.39, 0.29) is 11.4 Å². The van der Waals surface area contributed by atoms with Gasteiger partial charge in [-0.1, -0.05) is 29.8 Å². The molecule has 0 unspecified atom stereocenters. The molecule has 3 aromatic rings. The van der Waals surface area contributed by atoms with Crippen molar-refractivity contribution in [2.24, 2.45) is 0 Å². The lowest BCUT2D eigenvalue weighted by atomic mass is 10.2. The van der Waals surface area contributed by atoms with Crippen LogP contribution < -0.4 is 19.1 Å². The Morgan fingerprint density at radius 1 is 1.10 bits per heavy atom. The predicted molar refractivity (Wildman–Crippen MR) is 118 cm³/mol. The summed E-state index contributed by atoms with van der Waals surface area (Å²) in [6.45, 7) is -0.183.